The highest BCUT2D eigenvalue weighted by atomic mass is 35.5. The molecule has 5 N–H and O–H groups in total. The lowest BCUT2D eigenvalue weighted by Crippen LogP contribution is -2.43. The number of ether oxygens (including phenoxy) is 1. The van der Waals surface area contributed by atoms with Crippen molar-refractivity contribution in [2.45, 2.75) is 69.2 Å². The summed E-state index contributed by atoms with van der Waals surface area (Å²) in [5.74, 6) is -3.65. The second-order valence-electron chi connectivity index (χ2n) is 13.7. The summed E-state index contributed by atoms with van der Waals surface area (Å²) in [6, 6.07) is 10.9. The number of aliphatic carboxylic acids is 1. The number of halogens is 4. The highest BCUT2D eigenvalue weighted by Crippen LogP contribution is 2.51. The van der Waals surface area contributed by atoms with Gasteiger partial charge in [0.25, 0.3) is 11.8 Å². The first kappa shape index (κ1) is 38.9. The summed E-state index contributed by atoms with van der Waals surface area (Å²) in [7, 11) is 0. The molecule has 2 fully saturated rings. The number of carboxylic acids is 1. The third-order valence-electron chi connectivity index (χ3n) is 9.37. The average Bonchev–Trinajstić information content (AvgIpc) is 4.05. The first-order chi connectivity index (χ1) is 26.2. The molecule has 0 spiro atoms. The highest BCUT2D eigenvalue weighted by Gasteiger charge is 2.45. The molecule has 55 heavy (non-hydrogen) atoms. The van der Waals surface area contributed by atoms with E-state index in [4.69, 9.17) is 16.3 Å². The molecular weight excluding hydrogens is 747 g/mol. The fourth-order valence-corrected chi connectivity index (χ4v) is 6.08. The summed E-state index contributed by atoms with van der Waals surface area (Å²) in [5, 5.41) is 21.1. The van der Waals surface area contributed by atoms with Gasteiger partial charge in [0, 0.05) is 48.2 Å². The monoisotopic (exact) mass is 783 g/mol. The van der Waals surface area contributed by atoms with E-state index < -0.39 is 53.9 Å². The number of nitrogens with one attached hydrogen (secondary N) is 4. The second-order valence-corrected chi connectivity index (χ2v) is 14.1. The summed E-state index contributed by atoms with van der Waals surface area (Å²) in [4.78, 5) is 66.1. The highest BCUT2D eigenvalue weighted by molar-refractivity contribution is 6.36. The molecule has 2 amide bonds. The smallest absolute Gasteiger partial charge is 0.422 e. The Kier molecular flexibility index (Phi) is 11.5. The number of anilines is 3. The summed E-state index contributed by atoms with van der Waals surface area (Å²) >= 11 is 6.02. The van der Waals surface area contributed by atoms with Gasteiger partial charge < -0.3 is 35.7 Å². The lowest BCUT2D eigenvalue weighted by molar-refractivity contribution is -0.154. The number of Topliss-reactive ketones (excluding diaryl/α,β-unsaturated/α-hetero) is 1. The van der Waals surface area contributed by atoms with E-state index >= 15 is 0 Å². The van der Waals surface area contributed by atoms with Crippen molar-refractivity contribution in [3.63, 3.8) is 0 Å². The predicted octanol–water partition coefficient (Wildman–Crippen LogP) is 5.03. The third-order valence-corrected chi connectivity index (χ3v) is 9.62. The Morgan fingerprint density at radius 2 is 1.67 bits per heavy atom. The van der Waals surface area contributed by atoms with Gasteiger partial charge in [-0.25, -0.2) is 9.78 Å². The molecule has 2 aromatic heterocycles. The Morgan fingerprint density at radius 3 is 2.29 bits per heavy atom. The fraction of sp³-hybridized carbons (Fsp3) is 0.389. The summed E-state index contributed by atoms with van der Waals surface area (Å²) in [6.07, 6.45) is 4.35. The molecule has 2 aliphatic rings. The molecule has 0 bridgehead atoms. The Labute approximate surface area is 317 Å². The van der Waals surface area contributed by atoms with Gasteiger partial charge in [0.1, 0.15) is 6.04 Å². The van der Waals surface area contributed by atoms with Crippen LogP contribution in [0.1, 0.15) is 60.9 Å². The van der Waals surface area contributed by atoms with E-state index in [-0.39, 0.29) is 42.3 Å². The predicted molar refractivity (Wildman–Crippen MR) is 192 cm³/mol. The molecule has 2 aliphatic carbocycles. The quantitative estimate of drug-likeness (QED) is 0.0796. The van der Waals surface area contributed by atoms with Crippen molar-refractivity contribution in [1.82, 2.24) is 35.1 Å². The maximum absolute atomic E-state index is 13.0. The van der Waals surface area contributed by atoms with E-state index in [9.17, 15) is 37.5 Å². The zero-order valence-corrected chi connectivity index (χ0v) is 30.0. The molecule has 4 aromatic rings. The molecule has 2 saturated carbocycles. The number of carbonyl (C=O) groups excluding carboxylic acids is 3. The minimum Gasteiger partial charge on any atom is -0.480 e. The lowest BCUT2D eigenvalue weighted by Gasteiger charge is -2.19. The minimum absolute atomic E-state index is 0.0338. The van der Waals surface area contributed by atoms with E-state index in [0.29, 0.717) is 30.0 Å². The number of carbonyl (C=O) groups is 4. The van der Waals surface area contributed by atoms with Gasteiger partial charge in [-0.05, 0) is 85.9 Å². The first-order valence-electron chi connectivity index (χ1n) is 17.4. The van der Waals surface area contributed by atoms with E-state index in [0.717, 1.165) is 24.9 Å². The van der Waals surface area contributed by atoms with Crippen LogP contribution in [-0.4, -0.2) is 78.5 Å². The normalized spacial score (nSPS) is 15.6. The van der Waals surface area contributed by atoms with Gasteiger partial charge in [0.15, 0.2) is 6.61 Å². The van der Waals surface area contributed by atoms with Crippen LogP contribution in [0.4, 0.5) is 30.8 Å². The van der Waals surface area contributed by atoms with Crippen molar-refractivity contribution in [3.05, 3.63) is 83.4 Å². The maximum Gasteiger partial charge on any atom is 0.422 e. The number of nitrogens with zero attached hydrogens (tertiary/aromatic N) is 5. The van der Waals surface area contributed by atoms with E-state index in [1.54, 1.807) is 24.7 Å². The number of ketones is 1. The summed E-state index contributed by atoms with van der Waals surface area (Å²) in [5.41, 5.74) is 0.724. The zero-order valence-electron chi connectivity index (χ0n) is 29.2. The van der Waals surface area contributed by atoms with Gasteiger partial charge in [-0.3, -0.25) is 14.4 Å². The van der Waals surface area contributed by atoms with Crippen LogP contribution in [0.2, 0.25) is 5.02 Å². The first-order valence-corrected chi connectivity index (χ1v) is 17.8. The standard InChI is InChI=1S/C36H37ClF3N9O6/c37-24-5-3-23(4-6-24)35(14-15-35)48-32-45-31(46-33(47-32)55-20-36(38,39)40)43-25-7-1-22(2-8-25)28(51)44-26(30(53)54)10-16-42-29(52)27(50)9-11-34(12-13-34)19-49-18-17-41-21-49/h1-8,17-18,21,26H,9-16,19-20H2,(H,42,52)(H,44,51)(H,53,54)(H2,43,45,46,47,48)/t26-/m0/s1. The Hall–Kier alpha value is -5.78. The van der Waals surface area contributed by atoms with Gasteiger partial charge in [-0.1, -0.05) is 23.7 Å². The van der Waals surface area contributed by atoms with Crippen LogP contribution < -0.4 is 26.0 Å². The van der Waals surface area contributed by atoms with Crippen LogP contribution in [0.3, 0.4) is 0 Å². The Balaban J connectivity index is 1.02. The topological polar surface area (TPSA) is 202 Å². The molecule has 2 heterocycles. The lowest BCUT2D eigenvalue weighted by atomic mass is 9.98. The second kappa shape index (κ2) is 16.3. The average molecular weight is 784 g/mol. The molecular formula is C36H37ClF3N9O6. The van der Waals surface area contributed by atoms with Crippen molar-refractivity contribution in [1.29, 1.82) is 0 Å². The van der Waals surface area contributed by atoms with Crippen LogP contribution in [0.15, 0.2) is 67.3 Å². The van der Waals surface area contributed by atoms with Gasteiger partial charge in [-0.2, -0.15) is 28.1 Å². The Bertz CT molecular complexity index is 2010. The van der Waals surface area contributed by atoms with Crippen LogP contribution in [0.5, 0.6) is 6.01 Å². The van der Waals surface area contributed by atoms with Crippen LogP contribution in [0.25, 0.3) is 0 Å². The van der Waals surface area contributed by atoms with Crippen molar-refractivity contribution in [3.8, 4) is 6.01 Å². The minimum atomic E-state index is -4.64. The molecule has 0 aliphatic heterocycles. The van der Waals surface area contributed by atoms with Crippen molar-refractivity contribution in [2.75, 3.05) is 23.8 Å². The number of aromatic nitrogens is 5. The van der Waals surface area contributed by atoms with Crippen LogP contribution in [0, 0.1) is 5.41 Å². The van der Waals surface area contributed by atoms with E-state index in [1.165, 1.54) is 24.3 Å². The maximum atomic E-state index is 13.0. The summed E-state index contributed by atoms with van der Waals surface area (Å²) in [6.45, 7) is -1.07. The molecule has 15 nitrogen and oxygen atoms in total. The number of benzene rings is 2. The largest absolute Gasteiger partial charge is 0.480 e. The van der Waals surface area contributed by atoms with Crippen molar-refractivity contribution < 1.29 is 42.2 Å². The number of imidazole rings is 1. The van der Waals surface area contributed by atoms with E-state index in [2.05, 4.69) is 41.2 Å². The molecule has 19 heteroatoms. The van der Waals surface area contributed by atoms with Crippen LogP contribution >= 0.6 is 11.6 Å². The fourth-order valence-electron chi connectivity index (χ4n) is 5.96. The van der Waals surface area contributed by atoms with Gasteiger partial charge in [0.2, 0.25) is 17.7 Å². The molecule has 2 aromatic carbocycles. The Morgan fingerprint density at radius 1 is 0.964 bits per heavy atom. The molecule has 6 rings (SSSR count). The zero-order chi connectivity index (χ0) is 39.2. The summed E-state index contributed by atoms with van der Waals surface area (Å²) < 4.78 is 45.6. The van der Waals surface area contributed by atoms with Crippen molar-refractivity contribution >= 4 is 52.8 Å². The SMILES string of the molecule is O=C(CCC1(Cn2ccnc2)CC1)C(=O)NCC[C@H](NC(=O)c1ccc(Nc2nc(NC3(c4ccc(Cl)cc4)CC3)nc(OCC(F)(F)F)n2)cc1)C(=O)O. The number of carboxylic acid groups (broad SMARTS) is 1. The van der Waals surface area contributed by atoms with E-state index in [1.807, 2.05) is 22.9 Å². The molecule has 290 valence electrons. The molecule has 0 saturated heterocycles. The molecule has 0 unspecified atom stereocenters. The van der Waals surface area contributed by atoms with Gasteiger partial charge >= 0.3 is 18.2 Å². The van der Waals surface area contributed by atoms with Crippen molar-refractivity contribution in [2.24, 2.45) is 5.41 Å². The third kappa shape index (κ3) is 10.9. The molecule has 0 radical (unpaired) electrons. The number of alkyl halides is 3. The van der Waals surface area contributed by atoms with Gasteiger partial charge in [0.05, 0.1) is 11.9 Å². The number of hydrogen-bond donors (Lipinski definition) is 5. The number of amides is 2. The number of rotatable bonds is 19. The van der Waals surface area contributed by atoms with Gasteiger partial charge in [-0.15, -0.1) is 0 Å². The number of hydrogen-bond acceptors (Lipinski definition) is 11. The molecule has 1 atom stereocenters. The van der Waals surface area contributed by atoms with Crippen LogP contribution in [-0.2, 0) is 26.5 Å².